The normalized spacial score (nSPS) is 13.7. The van der Waals surface area contributed by atoms with Gasteiger partial charge in [0.2, 0.25) is 0 Å². The summed E-state index contributed by atoms with van der Waals surface area (Å²) in [7, 11) is 0. The maximum Gasteiger partial charge on any atom is 0.260 e. The van der Waals surface area contributed by atoms with Crippen LogP contribution >= 0.6 is 34.3 Å². The van der Waals surface area contributed by atoms with Crippen molar-refractivity contribution in [1.29, 1.82) is 0 Å². The highest BCUT2D eigenvalue weighted by Crippen LogP contribution is 2.33. The Hall–Kier alpha value is -1.99. The van der Waals surface area contributed by atoms with Crippen molar-refractivity contribution in [2.24, 2.45) is 0 Å². The first-order chi connectivity index (χ1) is 13.0. The molecule has 3 heterocycles. The Morgan fingerprint density at radius 2 is 1.89 bits per heavy atom. The molecule has 7 heteroatoms. The van der Waals surface area contributed by atoms with E-state index in [0.717, 1.165) is 20.3 Å². The molecule has 0 aliphatic rings. The molecule has 0 radical (unpaired) electrons. The third-order valence-corrected chi connectivity index (χ3v) is 6.68. The number of nitrogens with two attached hydrogens (primary N) is 1. The molecule has 1 aromatic carbocycles. The molecule has 4 nitrogen and oxygen atoms in total. The number of thiophene rings is 2. The van der Waals surface area contributed by atoms with E-state index < -0.39 is 0 Å². The maximum atomic E-state index is 12.8. The van der Waals surface area contributed by atoms with Crippen molar-refractivity contribution >= 4 is 44.5 Å². The Balaban J connectivity index is 1.62. The van der Waals surface area contributed by atoms with E-state index in [9.17, 15) is 4.79 Å². The molecule has 0 saturated heterocycles. The standard InChI is InChI=1S/C20H18ClN3OS2/c1-11(13-5-7-14(21)8-6-13)22-12(2)18-23-19(25)17-15(10-27-20(17)24-18)16-4-3-9-26-16/h3-12,22H,1-2H3,(H,23,24,25)/p+1/t11-,12-/m1/s1. The van der Waals surface area contributed by atoms with Crippen LogP contribution in [0.3, 0.4) is 0 Å². The molecule has 0 fully saturated rings. The largest absolute Gasteiger partial charge is 0.332 e. The molecule has 138 valence electrons. The second-order valence-corrected chi connectivity index (χ2v) is 8.82. The fourth-order valence-electron chi connectivity index (χ4n) is 3.20. The number of aromatic amines is 1. The van der Waals surface area contributed by atoms with Crippen LogP contribution in [-0.2, 0) is 0 Å². The molecule has 2 atom stereocenters. The van der Waals surface area contributed by atoms with Gasteiger partial charge in [-0.3, -0.25) is 4.79 Å². The first kappa shape index (κ1) is 18.4. The van der Waals surface area contributed by atoms with Crippen LogP contribution in [0.2, 0.25) is 5.02 Å². The van der Waals surface area contributed by atoms with Gasteiger partial charge >= 0.3 is 0 Å². The highest BCUT2D eigenvalue weighted by molar-refractivity contribution is 7.18. The predicted octanol–water partition coefficient (Wildman–Crippen LogP) is 4.75. The topological polar surface area (TPSA) is 62.4 Å². The zero-order valence-corrected chi connectivity index (χ0v) is 17.3. The number of hydrogen-bond donors (Lipinski definition) is 2. The van der Waals surface area contributed by atoms with Crippen LogP contribution in [0.4, 0.5) is 0 Å². The van der Waals surface area contributed by atoms with Gasteiger partial charge in [0.15, 0.2) is 5.82 Å². The second kappa shape index (κ2) is 7.56. The van der Waals surface area contributed by atoms with Gasteiger partial charge in [0.1, 0.15) is 16.9 Å². The number of nitrogens with zero attached hydrogens (tertiary/aromatic N) is 1. The molecule has 0 saturated carbocycles. The van der Waals surface area contributed by atoms with Gasteiger partial charge < -0.3 is 10.3 Å². The van der Waals surface area contributed by atoms with Crippen LogP contribution in [0.1, 0.15) is 37.3 Å². The average Bonchev–Trinajstić information content (AvgIpc) is 3.31. The molecule has 4 rings (SSSR count). The Bertz CT molecular complexity index is 1120. The second-order valence-electron chi connectivity index (χ2n) is 6.58. The Labute approximate surface area is 169 Å². The lowest BCUT2D eigenvalue weighted by atomic mass is 10.1. The summed E-state index contributed by atoms with van der Waals surface area (Å²) in [5.41, 5.74) is 2.08. The molecular formula is C20H19ClN3OS2+. The fraction of sp³-hybridized carbons (Fsp3) is 0.200. The van der Waals surface area contributed by atoms with Crippen molar-refractivity contribution in [3.63, 3.8) is 0 Å². The van der Waals surface area contributed by atoms with Crippen LogP contribution in [0, 0.1) is 0 Å². The first-order valence-corrected chi connectivity index (χ1v) is 10.8. The van der Waals surface area contributed by atoms with Gasteiger partial charge in [-0.1, -0.05) is 29.8 Å². The van der Waals surface area contributed by atoms with Crippen LogP contribution < -0.4 is 10.9 Å². The monoisotopic (exact) mass is 416 g/mol. The summed E-state index contributed by atoms with van der Waals surface area (Å²) in [4.78, 5) is 22.4. The van der Waals surface area contributed by atoms with Gasteiger partial charge in [-0.05, 0) is 37.4 Å². The Morgan fingerprint density at radius 1 is 1.11 bits per heavy atom. The Kier molecular flexibility index (Phi) is 5.14. The van der Waals surface area contributed by atoms with E-state index in [1.54, 1.807) is 11.3 Å². The molecule has 3 N–H and O–H groups in total. The zero-order chi connectivity index (χ0) is 19.0. The summed E-state index contributed by atoms with van der Waals surface area (Å²) >= 11 is 9.13. The summed E-state index contributed by atoms with van der Waals surface area (Å²) in [5.74, 6) is 0.702. The van der Waals surface area contributed by atoms with Crippen molar-refractivity contribution in [2.75, 3.05) is 0 Å². The van der Waals surface area contributed by atoms with Crippen LogP contribution in [-0.4, -0.2) is 9.97 Å². The molecule has 0 spiro atoms. The van der Waals surface area contributed by atoms with Gasteiger partial charge in [0.05, 0.1) is 5.39 Å². The van der Waals surface area contributed by atoms with Crippen LogP contribution in [0.5, 0.6) is 0 Å². The van der Waals surface area contributed by atoms with E-state index in [0.29, 0.717) is 11.2 Å². The molecule has 0 amide bonds. The number of benzene rings is 1. The number of hydrogen-bond acceptors (Lipinski definition) is 4. The smallest absolute Gasteiger partial charge is 0.260 e. The highest BCUT2D eigenvalue weighted by atomic mass is 35.5. The minimum absolute atomic E-state index is 0.0278. The number of H-pyrrole nitrogens is 1. The van der Waals surface area contributed by atoms with Crippen molar-refractivity contribution < 1.29 is 5.32 Å². The van der Waals surface area contributed by atoms with Gasteiger partial charge in [-0.15, -0.1) is 22.7 Å². The number of nitrogens with one attached hydrogen (secondary N) is 1. The first-order valence-electron chi connectivity index (χ1n) is 8.68. The van der Waals surface area contributed by atoms with Crippen molar-refractivity contribution in [1.82, 2.24) is 9.97 Å². The van der Waals surface area contributed by atoms with Crippen molar-refractivity contribution in [3.8, 4) is 10.4 Å². The van der Waals surface area contributed by atoms with E-state index in [4.69, 9.17) is 16.6 Å². The van der Waals surface area contributed by atoms with Gasteiger partial charge in [0.25, 0.3) is 5.56 Å². The minimum atomic E-state index is -0.0703. The fourth-order valence-corrected chi connectivity index (χ4v) is 5.09. The molecular weight excluding hydrogens is 398 g/mol. The minimum Gasteiger partial charge on any atom is -0.332 e. The quantitative estimate of drug-likeness (QED) is 0.493. The molecule has 27 heavy (non-hydrogen) atoms. The van der Waals surface area contributed by atoms with E-state index in [-0.39, 0.29) is 17.6 Å². The van der Waals surface area contributed by atoms with E-state index in [2.05, 4.69) is 24.1 Å². The lowest BCUT2D eigenvalue weighted by Gasteiger charge is -2.16. The maximum absolute atomic E-state index is 12.8. The third kappa shape index (κ3) is 3.71. The van der Waals surface area contributed by atoms with Crippen molar-refractivity contribution in [2.45, 2.75) is 25.9 Å². The number of halogens is 1. The van der Waals surface area contributed by atoms with Crippen molar-refractivity contribution in [3.05, 3.63) is 73.9 Å². The number of quaternary nitrogens is 1. The number of rotatable bonds is 5. The Morgan fingerprint density at radius 3 is 2.59 bits per heavy atom. The molecule has 0 bridgehead atoms. The van der Waals surface area contributed by atoms with E-state index >= 15 is 0 Å². The highest BCUT2D eigenvalue weighted by Gasteiger charge is 2.20. The summed E-state index contributed by atoms with van der Waals surface area (Å²) < 4.78 is 0. The molecule has 0 aliphatic carbocycles. The zero-order valence-electron chi connectivity index (χ0n) is 14.9. The molecule has 0 aliphatic heterocycles. The van der Waals surface area contributed by atoms with Gasteiger partial charge in [-0.25, -0.2) is 4.98 Å². The summed E-state index contributed by atoms with van der Waals surface area (Å²) in [6.45, 7) is 4.20. The van der Waals surface area contributed by atoms with E-state index in [1.165, 1.54) is 16.9 Å². The van der Waals surface area contributed by atoms with Gasteiger partial charge in [-0.2, -0.15) is 0 Å². The lowest BCUT2D eigenvalue weighted by Crippen LogP contribution is -2.85. The third-order valence-electron chi connectivity index (χ3n) is 4.65. The summed E-state index contributed by atoms with van der Waals surface area (Å²) in [6.07, 6.45) is 0. The van der Waals surface area contributed by atoms with Gasteiger partial charge in [0, 0.05) is 26.4 Å². The van der Waals surface area contributed by atoms with Crippen LogP contribution in [0.25, 0.3) is 20.7 Å². The number of aromatic nitrogens is 2. The SMILES string of the molecule is C[C@@H]([NH2+][C@H](C)c1nc2scc(-c3cccs3)c2c(=O)[nH]1)c1ccc(Cl)cc1. The lowest BCUT2D eigenvalue weighted by molar-refractivity contribution is -0.729. The molecule has 0 unspecified atom stereocenters. The van der Waals surface area contributed by atoms with Crippen LogP contribution in [0.15, 0.2) is 52.0 Å². The molecule has 3 aromatic heterocycles. The summed E-state index contributed by atoms with van der Waals surface area (Å²) in [6, 6.07) is 12.1. The molecule has 4 aromatic rings. The average molecular weight is 417 g/mol. The van der Waals surface area contributed by atoms with E-state index in [1.807, 2.05) is 47.2 Å². The summed E-state index contributed by atoms with van der Waals surface area (Å²) in [5, 5.41) is 7.65. The predicted molar refractivity (Wildman–Crippen MR) is 114 cm³/mol. The number of fused-ring (bicyclic) bond motifs is 1.